The first-order valence-corrected chi connectivity index (χ1v) is 9.77. The lowest BCUT2D eigenvalue weighted by molar-refractivity contribution is 0.111. The number of phenolic OH excluding ortho intramolecular Hbond substituents is 1. The fraction of sp³-hybridized carbons (Fsp3) is 0.273. The first-order valence-electron chi connectivity index (χ1n) is 9.77. The summed E-state index contributed by atoms with van der Waals surface area (Å²) in [6.45, 7) is 1.85. The zero-order valence-corrected chi connectivity index (χ0v) is 16.6. The van der Waals surface area contributed by atoms with Gasteiger partial charge in [0.2, 0.25) is 5.75 Å². The molecule has 0 atom stereocenters. The number of fused-ring (bicyclic) bond motifs is 1. The third-order valence-corrected chi connectivity index (χ3v) is 5.08. The summed E-state index contributed by atoms with van der Waals surface area (Å²) in [5, 5.41) is 16.1. The molecule has 3 aromatic rings. The van der Waals surface area contributed by atoms with Gasteiger partial charge in [-0.15, -0.1) is 0 Å². The average Bonchev–Trinajstić information content (AvgIpc) is 2.73. The zero-order valence-electron chi connectivity index (χ0n) is 16.6. The number of carbonyl (C=O) groups excluding carboxylic acids is 1. The van der Waals surface area contributed by atoms with Gasteiger partial charge in [0.1, 0.15) is 11.8 Å². The minimum atomic E-state index is -0.766. The van der Waals surface area contributed by atoms with Crippen LogP contribution in [0.5, 0.6) is 11.5 Å². The van der Waals surface area contributed by atoms with Crippen LogP contribution >= 0.6 is 0 Å². The summed E-state index contributed by atoms with van der Waals surface area (Å²) in [6, 6.07) is 13.1. The number of benzene rings is 2. The fourth-order valence-electron chi connectivity index (χ4n) is 3.42. The van der Waals surface area contributed by atoms with Crippen molar-refractivity contribution in [3.63, 3.8) is 0 Å². The Morgan fingerprint density at radius 3 is 2.60 bits per heavy atom. The second kappa shape index (κ2) is 8.46. The highest BCUT2D eigenvalue weighted by Gasteiger charge is 2.21. The van der Waals surface area contributed by atoms with E-state index >= 15 is 0 Å². The van der Waals surface area contributed by atoms with E-state index in [1.54, 1.807) is 36.4 Å². The van der Waals surface area contributed by atoms with Crippen molar-refractivity contribution < 1.29 is 19.1 Å². The molecule has 8 nitrogen and oxygen atoms in total. The lowest BCUT2D eigenvalue weighted by Gasteiger charge is -2.29. The van der Waals surface area contributed by atoms with Crippen molar-refractivity contribution in [2.75, 3.05) is 30.8 Å². The number of carbonyl (C=O) groups is 1. The quantitative estimate of drug-likeness (QED) is 0.569. The number of anilines is 2. The predicted molar refractivity (Wildman–Crippen MR) is 114 cm³/mol. The molecule has 0 radical (unpaired) electrons. The molecule has 0 spiro atoms. The van der Waals surface area contributed by atoms with Crippen molar-refractivity contribution in [1.29, 1.82) is 0 Å². The molecular weight excluding hydrogens is 386 g/mol. The molecule has 4 rings (SSSR count). The van der Waals surface area contributed by atoms with E-state index in [9.17, 15) is 14.7 Å². The molecule has 0 aliphatic carbocycles. The van der Waals surface area contributed by atoms with Crippen LogP contribution in [0.2, 0.25) is 0 Å². The van der Waals surface area contributed by atoms with Gasteiger partial charge in [-0.2, -0.15) is 0 Å². The zero-order chi connectivity index (χ0) is 21.1. The molecular formula is C22H23N3O5. The molecule has 1 aliphatic heterocycles. The van der Waals surface area contributed by atoms with Crippen LogP contribution in [-0.4, -0.2) is 42.3 Å². The standard InChI is InChI=1S/C22H23N3O5/c1-25-11-9-16(10-12-25)29-18-8-7-14-13-17(21(27)30-20(14)19(18)26)24-22(28)23-15-5-3-2-4-6-15/h2-8,13,16,26H,9-12H2,1H3,(H2,23,24,28). The van der Waals surface area contributed by atoms with E-state index in [4.69, 9.17) is 9.15 Å². The van der Waals surface area contributed by atoms with Gasteiger partial charge < -0.3 is 29.8 Å². The van der Waals surface area contributed by atoms with E-state index in [1.807, 2.05) is 6.07 Å². The molecule has 3 N–H and O–H groups in total. The first kappa shape index (κ1) is 19.8. The fourth-order valence-corrected chi connectivity index (χ4v) is 3.42. The van der Waals surface area contributed by atoms with Gasteiger partial charge in [-0.25, -0.2) is 9.59 Å². The maximum atomic E-state index is 12.3. The molecule has 1 saturated heterocycles. The normalized spacial score (nSPS) is 15.1. The third kappa shape index (κ3) is 4.38. The number of piperidine rings is 1. The number of nitrogens with zero attached hydrogens (tertiary/aromatic N) is 1. The van der Waals surface area contributed by atoms with Crippen LogP contribution in [0.15, 0.2) is 57.7 Å². The number of nitrogens with one attached hydrogen (secondary N) is 2. The van der Waals surface area contributed by atoms with Crippen molar-refractivity contribution in [2.45, 2.75) is 18.9 Å². The summed E-state index contributed by atoms with van der Waals surface area (Å²) in [7, 11) is 2.06. The average molecular weight is 409 g/mol. The number of hydrogen-bond acceptors (Lipinski definition) is 6. The van der Waals surface area contributed by atoms with Crippen LogP contribution in [0.25, 0.3) is 11.0 Å². The number of rotatable bonds is 4. The van der Waals surface area contributed by atoms with Crippen LogP contribution in [0, 0.1) is 0 Å². The molecule has 156 valence electrons. The van der Waals surface area contributed by atoms with Crippen molar-refractivity contribution >= 4 is 28.4 Å². The Labute approximate surface area is 173 Å². The largest absolute Gasteiger partial charge is 0.502 e. The number of hydrogen-bond donors (Lipinski definition) is 3. The van der Waals surface area contributed by atoms with Crippen LogP contribution < -0.4 is 21.0 Å². The van der Waals surface area contributed by atoms with E-state index in [-0.39, 0.29) is 28.9 Å². The maximum absolute atomic E-state index is 12.3. The Bertz CT molecular complexity index is 1100. The lowest BCUT2D eigenvalue weighted by atomic mass is 10.1. The van der Waals surface area contributed by atoms with Crippen molar-refractivity contribution in [2.24, 2.45) is 0 Å². The molecule has 1 aromatic heterocycles. The Morgan fingerprint density at radius 2 is 1.87 bits per heavy atom. The monoisotopic (exact) mass is 409 g/mol. The van der Waals surface area contributed by atoms with Crippen molar-refractivity contribution in [1.82, 2.24) is 4.90 Å². The number of para-hydroxylation sites is 1. The molecule has 30 heavy (non-hydrogen) atoms. The van der Waals surface area contributed by atoms with Gasteiger partial charge in [-0.1, -0.05) is 18.2 Å². The number of ether oxygens (including phenoxy) is 1. The van der Waals surface area contributed by atoms with Crippen LogP contribution in [0.1, 0.15) is 12.8 Å². The van der Waals surface area contributed by atoms with Crippen LogP contribution in [0.3, 0.4) is 0 Å². The molecule has 8 heteroatoms. The van der Waals surface area contributed by atoms with Gasteiger partial charge >= 0.3 is 11.7 Å². The van der Waals surface area contributed by atoms with Gasteiger partial charge in [0.25, 0.3) is 0 Å². The van der Waals surface area contributed by atoms with Gasteiger partial charge in [0, 0.05) is 24.2 Å². The third-order valence-electron chi connectivity index (χ3n) is 5.08. The van der Waals surface area contributed by atoms with Crippen LogP contribution in [-0.2, 0) is 0 Å². The molecule has 2 aromatic carbocycles. The van der Waals surface area contributed by atoms with E-state index in [2.05, 4.69) is 22.6 Å². The summed E-state index contributed by atoms with van der Waals surface area (Å²) in [5.41, 5.74) is -0.176. The predicted octanol–water partition coefficient (Wildman–Crippen LogP) is 3.62. The minimum Gasteiger partial charge on any atom is -0.502 e. The van der Waals surface area contributed by atoms with E-state index < -0.39 is 11.7 Å². The lowest BCUT2D eigenvalue weighted by Crippen LogP contribution is -2.35. The highest BCUT2D eigenvalue weighted by atomic mass is 16.5. The van der Waals surface area contributed by atoms with Crippen molar-refractivity contribution in [3.8, 4) is 11.5 Å². The Kier molecular flexibility index (Phi) is 5.58. The van der Waals surface area contributed by atoms with Gasteiger partial charge in [-0.3, -0.25) is 0 Å². The van der Waals surface area contributed by atoms with Gasteiger partial charge in [0.15, 0.2) is 11.3 Å². The Hall–Kier alpha value is -3.52. The highest BCUT2D eigenvalue weighted by Crippen LogP contribution is 2.36. The molecule has 0 saturated carbocycles. The number of likely N-dealkylation sites (tertiary alicyclic amines) is 1. The summed E-state index contributed by atoms with van der Waals surface area (Å²) >= 11 is 0. The molecule has 2 heterocycles. The second-order valence-corrected chi connectivity index (χ2v) is 7.34. The summed E-state index contributed by atoms with van der Waals surface area (Å²) in [4.78, 5) is 26.7. The number of aromatic hydroxyl groups is 1. The summed E-state index contributed by atoms with van der Waals surface area (Å²) < 4.78 is 11.2. The Morgan fingerprint density at radius 1 is 1.13 bits per heavy atom. The van der Waals surface area contributed by atoms with E-state index in [1.165, 1.54) is 6.07 Å². The second-order valence-electron chi connectivity index (χ2n) is 7.34. The number of amides is 2. The van der Waals surface area contributed by atoms with E-state index in [0.29, 0.717) is 11.1 Å². The van der Waals surface area contributed by atoms with Gasteiger partial charge in [0.05, 0.1) is 0 Å². The summed E-state index contributed by atoms with van der Waals surface area (Å²) in [5.74, 6) is 0.0616. The molecule has 0 bridgehead atoms. The van der Waals surface area contributed by atoms with Gasteiger partial charge in [-0.05, 0) is 50.2 Å². The molecule has 2 amide bonds. The maximum Gasteiger partial charge on any atom is 0.360 e. The molecule has 1 fully saturated rings. The highest BCUT2D eigenvalue weighted by molar-refractivity contribution is 6.00. The van der Waals surface area contributed by atoms with E-state index in [0.717, 1.165) is 25.9 Å². The molecule has 0 unspecified atom stereocenters. The van der Waals surface area contributed by atoms with Crippen LogP contribution in [0.4, 0.5) is 16.2 Å². The first-order chi connectivity index (χ1) is 14.5. The Balaban J connectivity index is 1.52. The number of phenols is 1. The SMILES string of the molecule is CN1CCC(Oc2ccc3cc(NC(=O)Nc4ccccc4)c(=O)oc3c2O)CC1. The minimum absolute atomic E-state index is 0.00102. The smallest absolute Gasteiger partial charge is 0.360 e. The molecule has 1 aliphatic rings. The van der Waals surface area contributed by atoms with Crippen molar-refractivity contribution in [3.05, 3.63) is 59.0 Å². The number of urea groups is 1. The topological polar surface area (TPSA) is 104 Å². The summed E-state index contributed by atoms with van der Waals surface area (Å²) in [6.07, 6.45) is 1.72.